The first-order valence-corrected chi connectivity index (χ1v) is 7.22. The van der Waals surface area contributed by atoms with Crippen LogP contribution in [-0.2, 0) is 4.79 Å². The predicted octanol–water partition coefficient (Wildman–Crippen LogP) is 2.20. The van der Waals surface area contributed by atoms with E-state index >= 15 is 0 Å². The highest BCUT2D eigenvalue weighted by molar-refractivity contribution is 6.36. The maximum Gasteiger partial charge on any atom is 0.246 e. The van der Waals surface area contributed by atoms with E-state index in [1.54, 1.807) is 11.1 Å². The van der Waals surface area contributed by atoms with Crippen molar-refractivity contribution in [2.24, 2.45) is 0 Å². The van der Waals surface area contributed by atoms with Gasteiger partial charge in [-0.3, -0.25) is 4.79 Å². The maximum atomic E-state index is 11.7. The number of hydrogen-bond donors (Lipinski definition) is 2. The highest BCUT2D eigenvalue weighted by atomic mass is 35.5. The Balaban J connectivity index is 1.80. The smallest absolute Gasteiger partial charge is 0.246 e. The molecular formula is C14H16ClN5O. The summed E-state index contributed by atoms with van der Waals surface area (Å²) in [5.41, 5.74) is 0.701. The number of fused-ring (bicyclic) bond motifs is 1. The van der Waals surface area contributed by atoms with E-state index in [9.17, 15) is 4.79 Å². The molecule has 1 aliphatic heterocycles. The van der Waals surface area contributed by atoms with Crippen LogP contribution in [0.4, 0.5) is 5.82 Å². The lowest BCUT2D eigenvalue weighted by Gasteiger charge is -2.32. The fourth-order valence-electron chi connectivity index (χ4n) is 2.65. The van der Waals surface area contributed by atoms with Gasteiger partial charge in [0.05, 0.1) is 10.4 Å². The summed E-state index contributed by atoms with van der Waals surface area (Å²) >= 11 is 6.17. The van der Waals surface area contributed by atoms with Crippen LogP contribution in [0.25, 0.3) is 11.0 Å². The van der Waals surface area contributed by atoms with E-state index in [2.05, 4.69) is 26.8 Å². The number of nitrogens with one attached hydrogen (secondary N) is 2. The predicted molar refractivity (Wildman–Crippen MR) is 82.3 cm³/mol. The molecule has 0 aromatic carbocycles. The summed E-state index contributed by atoms with van der Waals surface area (Å²) in [7, 11) is 0. The van der Waals surface area contributed by atoms with Gasteiger partial charge in [0.1, 0.15) is 17.8 Å². The van der Waals surface area contributed by atoms with Gasteiger partial charge in [0.25, 0.3) is 0 Å². The van der Waals surface area contributed by atoms with Gasteiger partial charge in [0, 0.05) is 25.3 Å². The summed E-state index contributed by atoms with van der Waals surface area (Å²) in [5.74, 6) is 0.665. The van der Waals surface area contributed by atoms with Crippen molar-refractivity contribution in [3.8, 4) is 0 Å². The summed E-state index contributed by atoms with van der Waals surface area (Å²) in [6.07, 6.45) is 6.47. The van der Waals surface area contributed by atoms with Crippen molar-refractivity contribution in [2.75, 3.05) is 18.4 Å². The molecule has 0 spiro atoms. The number of anilines is 1. The second-order valence-electron chi connectivity index (χ2n) is 5.05. The summed E-state index contributed by atoms with van der Waals surface area (Å²) < 4.78 is 0. The van der Waals surface area contributed by atoms with E-state index in [0.29, 0.717) is 23.0 Å². The monoisotopic (exact) mass is 305 g/mol. The van der Waals surface area contributed by atoms with Gasteiger partial charge in [0.15, 0.2) is 0 Å². The molecule has 2 N–H and O–H groups in total. The molecule has 3 rings (SSSR count). The van der Waals surface area contributed by atoms with Crippen molar-refractivity contribution < 1.29 is 4.79 Å². The quantitative estimate of drug-likeness (QED) is 0.853. The van der Waals surface area contributed by atoms with E-state index in [1.165, 1.54) is 12.4 Å². The van der Waals surface area contributed by atoms with E-state index in [1.807, 2.05) is 0 Å². The number of halogens is 1. The molecule has 1 saturated heterocycles. The van der Waals surface area contributed by atoms with Gasteiger partial charge >= 0.3 is 0 Å². The fraction of sp³-hybridized carbons (Fsp3) is 0.357. The lowest BCUT2D eigenvalue weighted by Crippen LogP contribution is -2.44. The van der Waals surface area contributed by atoms with Crippen LogP contribution < -0.4 is 5.32 Å². The van der Waals surface area contributed by atoms with Crippen LogP contribution in [0.2, 0.25) is 5.02 Å². The molecule has 1 fully saturated rings. The Bertz CT molecular complexity index is 683. The molecule has 110 valence electrons. The first-order valence-electron chi connectivity index (χ1n) is 6.84. The molecule has 2 aromatic rings. The highest BCUT2D eigenvalue weighted by Gasteiger charge is 2.23. The largest absolute Gasteiger partial charge is 0.365 e. The third-order valence-corrected chi connectivity index (χ3v) is 3.97. The lowest BCUT2D eigenvalue weighted by molar-refractivity contribution is -0.127. The summed E-state index contributed by atoms with van der Waals surface area (Å²) in [6, 6.07) is 0.145. The number of aromatic amines is 1. The second-order valence-corrected chi connectivity index (χ2v) is 5.46. The molecule has 1 amide bonds. The summed E-state index contributed by atoms with van der Waals surface area (Å²) in [5, 5.41) is 4.75. The molecule has 3 heterocycles. The Hall–Kier alpha value is -2.08. The van der Waals surface area contributed by atoms with Gasteiger partial charge in [-0.05, 0) is 18.9 Å². The van der Waals surface area contributed by atoms with Crippen molar-refractivity contribution in [1.82, 2.24) is 19.9 Å². The molecule has 1 aliphatic rings. The molecule has 0 aliphatic carbocycles. The van der Waals surface area contributed by atoms with Crippen molar-refractivity contribution >= 4 is 34.4 Å². The van der Waals surface area contributed by atoms with Gasteiger partial charge in [-0.1, -0.05) is 18.2 Å². The molecule has 7 heteroatoms. The van der Waals surface area contributed by atoms with Crippen molar-refractivity contribution in [3.05, 3.63) is 30.2 Å². The number of carbonyl (C=O) groups is 1. The number of nitrogens with zero attached hydrogens (tertiary/aromatic N) is 3. The topological polar surface area (TPSA) is 73.9 Å². The average molecular weight is 306 g/mol. The molecule has 0 radical (unpaired) electrons. The van der Waals surface area contributed by atoms with E-state index in [-0.39, 0.29) is 11.9 Å². The normalized spacial score (nSPS) is 18.7. The first-order chi connectivity index (χ1) is 10.2. The summed E-state index contributed by atoms with van der Waals surface area (Å²) in [4.78, 5) is 24.9. The van der Waals surface area contributed by atoms with Crippen molar-refractivity contribution in [2.45, 2.75) is 18.9 Å². The maximum absolute atomic E-state index is 11.7. The van der Waals surface area contributed by atoms with Crippen LogP contribution in [0.15, 0.2) is 25.2 Å². The van der Waals surface area contributed by atoms with Gasteiger partial charge < -0.3 is 15.2 Å². The minimum absolute atomic E-state index is 0.0333. The number of hydrogen-bond acceptors (Lipinski definition) is 4. The van der Waals surface area contributed by atoms with E-state index in [0.717, 1.165) is 24.8 Å². The van der Waals surface area contributed by atoms with Crippen LogP contribution in [0.5, 0.6) is 0 Å². The fourth-order valence-corrected chi connectivity index (χ4v) is 2.89. The number of rotatable bonds is 3. The second kappa shape index (κ2) is 5.73. The molecule has 0 bridgehead atoms. The highest BCUT2D eigenvalue weighted by Crippen LogP contribution is 2.28. The van der Waals surface area contributed by atoms with Gasteiger partial charge in [0.2, 0.25) is 5.91 Å². The molecule has 0 saturated carbocycles. The molecular weight excluding hydrogens is 290 g/mol. The molecule has 1 atom stereocenters. The van der Waals surface area contributed by atoms with Gasteiger partial charge in [-0.25, -0.2) is 9.97 Å². The molecule has 2 aromatic heterocycles. The van der Waals surface area contributed by atoms with Crippen molar-refractivity contribution in [3.63, 3.8) is 0 Å². The average Bonchev–Trinajstić information content (AvgIpc) is 2.89. The zero-order valence-electron chi connectivity index (χ0n) is 11.5. The molecule has 1 unspecified atom stereocenters. The first kappa shape index (κ1) is 13.9. The third-order valence-electron chi connectivity index (χ3n) is 3.67. The van der Waals surface area contributed by atoms with Crippen molar-refractivity contribution in [1.29, 1.82) is 0 Å². The third kappa shape index (κ3) is 2.71. The number of carbonyl (C=O) groups excluding carboxylic acids is 1. The van der Waals surface area contributed by atoms with Crippen LogP contribution >= 0.6 is 11.6 Å². The van der Waals surface area contributed by atoms with Crippen LogP contribution in [-0.4, -0.2) is 44.9 Å². The zero-order valence-corrected chi connectivity index (χ0v) is 12.2. The standard InChI is InChI=1S/C14H16ClN5O/c1-2-11(21)20-5-3-4-9(7-20)19-14-12-10(15)6-16-13(12)17-8-18-14/h2,6,8-9H,1,3-5,7H2,(H2,16,17,18,19). The number of aromatic nitrogens is 3. The lowest BCUT2D eigenvalue weighted by atomic mass is 10.1. The Kier molecular flexibility index (Phi) is 3.79. The number of likely N-dealkylation sites (tertiary alicyclic amines) is 1. The van der Waals surface area contributed by atoms with Crippen LogP contribution in [0.3, 0.4) is 0 Å². The van der Waals surface area contributed by atoms with Crippen LogP contribution in [0.1, 0.15) is 12.8 Å². The zero-order chi connectivity index (χ0) is 14.8. The Labute approximate surface area is 127 Å². The Morgan fingerprint density at radius 3 is 3.24 bits per heavy atom. The van der Waals surface area contributed by atoms with Gasteiger partial charge in [-0.15, -0.1) is 0 Å². The number of amides is 1. The van der Waals surface area contributed by atoms with Crippen LogP contribution in [0, 0.1) is 0 Å². The van der Waals surface area contributed by atoms with E-state index in [4.69, 9.17) is 11.6 Å². The number of piperidine rings is 1. The minimum Gasteiger partial charge on any atom is -0.365 e. The summed E-state index contributed by atoms with van der Waals surface area (Å²) in [6.45, 7) is 4.94. The minimum atomic E-state index is -0.0333. The SMILES string of the molecule is C=CC(=O)N1CCCC(Nc2ncnc3[nH]cc(Cl)c23)C1. The molecule has 6 nitrogen and oxygen atoms in total. The Morgan fingerprint density at radius 1 is 1.57 bits per heavy atom. The Morgan fingerprint density at radius 2 is 2.43 bits per heavy atom. The van der Waals surface area contributed by atoms with E-state index < -0.39 is 0 Å². The number of H-pyrrole nitrogens is 1. The van der Waals surface area contributed by atoms with Gasteiger partial charge in [-0.2, -0.15) is 0 Å². The molecule has 21 heavy (non-hydrogen) atoms.